The number of nitrogens with one attached hydrogen (secondary N) is 1. The highest BCUT2D eigenvalue weighted by molar-refractivity contribution is 7.99. The van der Waals surface area contributed by atoms with Crippen LogP contribution in [0.1, 0.15) is 38.5 Å². The summed E-state index contributed by atoms with van der Waals surface area (Å²) in [6.07, 6.45) is 6.35. The topological polar surface area (TPSA) is 137 Å². The van der Waals surface area contributed by atoms with Gasteiger partial charge in [-0.1, -0.05) is 13.8 Å². The zero-order valence-corrected chi connectivity index (χ0v) is 25.8. The molecule has 1 aromatic carbocycles. The highest BCUT2D eigenvalue weighted by Gasteiger charge is 2.25. The van der Waals surface area contributed by atoms with Crippen molar-refractivity contribution in [2.75, 3.05) is 38.0 Å². The van der Waals surface area contributed by atoms with Gasteiger partial charge in [-0.2, -0.15) is 24.2 Å². The molecule has 4 heterocycles. The maximum Gasteiger partial charge on any atom is 0.387 e. The van der Waals surface area contributed by atoms with Gasteiger partial charge in [0.05, 0.1) is 23.5 Å². The lowest BCUT2D eigenvalue weighted by molar-refractivity contribution is -0.133. The first kappa shape index (κ1) is 32.1. The van der Waals surface area contributed by atoms with Crippen molar-refractivity contribution < 1.29 is 23.4 Å². The number of aliphatic hydroxyl groups excluding tert-OH is 1. The summed E-state index contributed by atoms with van der Waals surface area (Å²) < 4.78 is 34.8. The Labute approximate surface area is 263 Å². The number of piperazine rings is 1. The molecule has 45 heavy (non-hydrogen) atoms. The second kappa shape index (κ2) is 14.7. The Kier molecular flexibility index (Phi) is 10.5. The Morgan fingerprint density at radius 1 is 1.24 bits per heavy atom. The molecule has 1 aliphatic heterocycles. The van der Waals surface area contributed by atoms with Crippen molar-refractivity contribution in [2.45, 2.75) is 56.2 Å². The van der Waals surface area contributed by atoms with E-state index in [1.54, 1.807) is 53.5 Å². The fourth-order valence-corrected chi connectivity index (χ4v) is 6.03. The molecule has 0 radical (unpaired) electrons. The van der Waals surface area contributed by atoms with Crippen molar-refractivity contribution in [3.8, 4) is 23.1 Å². The largest absolute Gasteiger partial charge is 0.434 e. The number of hydrogen-bond donors (Lipinski definition) is 2. The standard InChI is InChI=1S/C30H35F2N9O3S/c1-20(2)45-21-6-7-25(44-30(31)32)22(16-21)27-24(36-29(43)23-17-35-41-11-5-9-34-28(23)41)18-40(37-27)19-26(42)39-14-12-38(13-15-39)10-4-3-8-33/h5-7,9,11,16-18,20,29-30,36,43H,3-4,10,12-15,19H2,1-2H3. The number of anilines is 1. The molecule has 1 amide bonds. The van der Waals surface area contributed by atoms with Gasteiger partial charge in [0.15, 0.2) is 11.9 Å². The van der Waals surface area contributed by atoms with Gasteiger partial charge in [-0.15, -0.1) is 11.8 Å². The quantitative estimate of drug-likeness (QED) is 0.124. The summed E-state index contributed by atoms with van der Waals surface area (Å²) in [6.45, 7) is 4.21. The number of carbonyl (C=O) groups is 1. The van der Waals surface area contributed by atoms with Crippen LogP contribution in [0.15, 0.2) is 53.9 Å². The Balaban J connectivity index is 1.44. The first-order valence-corrected chi connectivity index (χ1v) is 15.5. The number of aromatic nitrogens is 5. The lowest BCUT2D eigenvalue weighted by atomic mass is 10.1. The van der Waals surface area contributed by atoms with E-state index in [9.17, 15) is 18.7 Å². The first-order valence-electron chi connectivity index (χ1n) is 14.6. The summed E-state index contributed by atoms with van der Waals surface area (Å²) in [5.41, 5.74) is 1.65. The van der Waals surface area contributed by atoms with E-state index in [0.717, 1.165) is 17.9 Å². The number of rotatable bonds is 13. The van der Waals surface area contributed by atoms with Gasteiger partial charge in [0, 0.05) is 66.9 Å². The molecule has 5 rings (SSSR count). The van der Waals surface area contributed by atoms with Crippen molar-refractivity contribution in [1.29, 1.82) is 5.26 Å². The van der Waals surface area contributed by atoms with Crippen molar-refractivity contribution in [3.63, 3.8) is 0 Å². The minimum Gasteiger partial charge on any atom is -0.434 e. The van der Waals surface area contributed by atoms with E-state index in [-0.39, 0.29) is 34.7 Å². The van der Waals surface area contributed by atoms with Gasteiger partial charge in [-0.25, -0.2) is 9.50 Å². The van der Waals surface area contributed by atoms with Crippen molar-refractivity contribution in [3.05, 3.63) is 54.6 Å². The van der Waals surface area contributed by atoms with Crippen LogP contribution in [0, 0.1) is 11.3 Å². The first-order chi connectivity index (χ1) is 21.7. The molecule has 15 heteroatoms. The van der Waals surface area contributed by atoms with Gasteiger partial charge in [0.2, 0.25) is 5.91 Å². The zero-order chi connectivity index (χ0) is 31.9. The molecule has 1 fully saturated rings. The highest BCUT2D eigenvalue weighted by Crippen LogP contribution is 2.39. The molecule has 2 N–H and O–H groups in total. The smallest absolute Gasteiger partial charge is 0.387 e. The maximum atomic E-state index is 13.5. The number of thioether (sulfide) groups is 1. The minimum atomic E-state index is -3.07. The van der Waals surface area contributed by atoms with E-state index in [4.69, 9.17) is 10.00 Å². The average molecular weight is 640 g/mol. The highest BCUT2D eigenvalue weighted by atomic mass is 32.2. The summed E-state index contributed by atoms with van der Waals surface area (Å²) in [7, 11) is 0. The number of amides is 1. The van der Waals surface area contributed by atoms with E-state index in [0.29, 0.717) is 49.5 Å². The molecule has 0 spiro atoms. The van der Waals surface area contributed by atoms with Crippen LogP contribution in [0.5, 0.6) is 5.75 Å². The van der Waals surface area contributed by atoms with Gasteiger partial charge in [-0.3, -0.25) is 14.4 Å². The van der Waals surface area contributed by atoms with Crippen molar-refractivity contribution >= 4 is 29.0 Å². The van der Waals surface area contributed by atoms with Crippen LogP contribution >= 0.6 is 11.8 Å². The molecule has 1 atom stereocenters. The fraction of sp³-hybridized carbons (Fsp3) is 0.433. The number of ether oxygens (including phenoxy) is 1. The molecule has 4 aromatic rings. The Morgan fingerprint density at radius 2 is 2.04 bits per heavy atom. The molecular formula is C30H35F2N9O3S. The predicted octanol–water partition coefficient (Wildman–Crippen LogP) is 4.25. The van der Waals surface area contributed by atoms with Crippen LogP contribution in [0.4, 0.5) is 14.5 Å². The van der Waals surface area contributed by atoms with Gasteiger partial charge < -0.3 is 20.1 Å². The third kappa shape index (κ3) is 8.07. The third-order valence-electron chi connectivity index (χ3n) is 7.23. The molecule has 1 unspecified atom stereocenters. The number of fused-ring (bicyclic) bond motifs is 1. The Hall–Kier alpha value is -4.26. The van der Waals surface area contributed by atoms with Crippen LogP contribution in [0.2, 0.25) is 0 Å². The molecule has 1 aliphatic rings. The fourth-order valence-electron chi connectivity index (χ4n) is 5.15. The summed E-state index contributed by atoms with van der Waals surface area (Å²) in [5.74, 6) is -0.231. The Bertz CT molecular complexity index is 1650. The molecule has 12 nitrogen and oxygen atoms in total. The summed E-state index contributed by atoms with van der Waals surface area (Å²) in [4.78, 5) is 22.4. The zero-order valence-electron chi connectivity index (χ0n) is 25.0. The molecule has 1 saturated heterocycles. The number of unbranched alkanes of at least 4 members (excludes halogenated alkanes) is 1. The number of nitrogens with zero attached hydrogens (tertiary/aromatic N) is 8. The molecule has 0 saturated carbocycles. The number of nitriles is 1. The molecular weight excluding hydrogens is 604 g/mol. The van der Waals surface area contributed by atoms with E-state index in [1.807, 2.05) is 13.8 Å². The van der Waals surface area contributed by atoms with Crippen LogP contribution in [0.25, 0.3) is 16.9 Å². The van der Waals surface area contributed by atoms with Gasteiger partial charge in [-0.05, 0) is 37.2 Å². The normalized spacial score (nSPS) is 14.7. The van der Waals surface area contributed by atoms with Crippen molar-refractivity contribution in [2.24, 2.45) is 0 Å². The lowest BCUT2D eigenvalue weighted by Crippen LogP contribution is -2.49. The van der Waals surface area contributed by atoms with Crippen LogP contribution in [-0.4, -0.2) is 89.8 Å². The van der Waals surface area contributed by atoms with Crippen molar-refractivity contribution in [1.82, 2.24) is 34.2 Å². The average Bonchev–Trinajstić information content (AvgIpc) is 3.62. The summed E-state index contributed by atoms with van der Waals surface area (Å²) in [6, 6.07) is 8.77. The van der Waals surface area contributed by atoms with E-state index in [2.05, 4.69) is 31.5 Å². The number of hydrogen-bond acceptors (Lipinski definition) is 10. The second-order valence-electron chi connectivity index (χ2n) is 10.8. The van der Waals surface area contributed by atoms with Crippen LogP contribution < -0.4 is 10.1 Å². The molecule has 0 bridgehead atoms. The third-order valence-corrected chi connectivity index (χ3v) is 8.23. The van der Waals surface area contributed by atoms with E-state index >= 15 is 0 Å². The Morgan fingerprint density at radius 3 is 2.78 bits per heavy atom. The number of carbonyl (C=O) groups excluding carboxylic acids is 1. The molecule has 3 aromatic heterocycles. The second-order valence-corrected chi connectivity index (χ2v) is 12.5. The SMILES string of the molecule is CC(C)Sc1ccc(OC(F)F)c(-c2nn(CC(=O)N3CCN(CCCC#N)CC3)cc2NC(O)c2cnn3cccnc23)c1. The van der Waals surface area contributed by atoms with Gasteiger partial charge in [0.1, 0.15) is 18.0 Å². The predicted molar refractivity (Wildman–Crippen MR) is 165 cm³/mol. The maximum absolute atomic E-state index is 13.5. The van der Waals surface area contributed by atoms with E-state index in [1.165, 1.54) is 21.5 Å². The monoisotopic (exact) mass is 639 g/mol. The molecule has 0 aliphatic carbocycles. The number of alkyl halides is 2. The van der Waals surface area contributed by atoms with Crippen LogP contribution in [-0.2, 0) is 11.3 Å². The lowest BCUT2D eigenvalue weighted by Gasteiger charge is -2.34. The van der Waals surface area contributed by atoms with Crippen LogP contribution in [0.3, 0.4) is 0 Å². The number of halogens is 2. The molecule has 238 valence electrons. The summed E-state index contributed by atoms with van der Waals surface area (Å²) >= 11 is 1.55. The number of benzene rings is 1. The van der Waals surface area contributed by atoms with E-state index < -0.39 is 12.8 Å². The number of aliphatic hydroxyl groups is 1. The summed E-state index contributed by atoms with van der Waals surface area (Å²) in [5, 5.41) is 32.1. The van der Waals surface area contributed by atoms with Gasteiger partial charge >= 0.3 is 6.61 Å². The minimum absolute atomic E-state index is 0.0857. The van der Waals surface area contributed by atoms with Gasteiger partial charge in [0.25, 0.3) is 0 Å².